The predicted molar refractivity (Wildman–Crippen MR) is 35.0 cm³/mol. The first-order valence-corrected chi connectivity index (χ1v) is 3.05. The summed E-state index contributed by atoms with van der Waals surface area (Å²) in [6.07, 6.45) is 1.01. The molecule has 0 spiro atoms. The molecule has 1 heterocycles. The molecule has 0 aromatic heterocycles. The highest BCUT2D eigenvalue weighted by atomic mass is 15.2. The van der Waals surface area contributed by atoms with Crippen LogP contribution in [-0.4, -0.2) is 31.1 Å². The maximum absolute atomic E-state index is 8.05. The molecule has 1 saturated heterocycles. The van der Waals surface area contributed by atoms with Gasteiger partial charge in [0, 0.05) is 11.5 Å². The van der Waals surface area contributed by atoms with E-state index in [2.05, 4.69) is 14.9 Å². The Morgan fingerprint density at radius 2 is 2.56 bits per heavy atom. The Bertz CT molecular complexity index is 138. The van der Waals surface area contributed by atoms with Crippen molar-refractivity contribution in [2.75, 3.05) is 20.1 Å². The topological polar surface area (TPSA) is 52.0 Å². The number of hydrogen-bond donors (Lipinski definition) is 0. The average Bonchev–Trinajstić information content (AvgIpc) is 2.17. The van der Waals surface area contributed by atoms with Gasteiger partial charge in [0.05, 0.1) is 6.04 Å². The van der Waals surface area contributed by atoms with Crippen molar-refractivity contribution in [2.45, 2.75) is 12.5 Å². The molecule has 0 radical (unpaired) electrons. The quantitative estimate of drug-likeness (QED) is 0.294. The lowest BCUT2D eigenvalue weighted by Crippen LogP contribution is -2.14. The minimum absolute atomic E-state index is 0.222. The first-order valence-electron chi connectivity index (χ1n) is 3.05. The van der Waals surface area contributed by atoms with Crippen LogP contribution in [0.5, 0.6) is 0 Å². The molecule has 0 N–H and O–H groups in total. The van der Waals surface area contributed by atoms with Crippen LogP contribution in [0.1, 0.15) is 6.42 Å². The minimum Gasteiger partial charge on any atom is -0.306 e. The van der Waals surface area contributed by atoms with E-state index in [1.807, 2.05) is 7.05 Å². The van der Waals surface area contributed by atoms with Crippen LogP contribution in [0.3, 0.4) is 0 Å². The van der Waals surface area contributed by atoms with Crippen molar-refractivity contribution in [1.82, 2.24) is 4.90 Å². The molecular weight excluding hydrogens is 116 g/mol. The number of azide groups is 1. The Hall–Kier alpha value is -0.730. The highest BCUT2D eigenvalue weighted by Crippen LogP contribution is 2.09. The van der Waals surface area contributed by atoms with Gasteiger partial charge in [-0.05, 0) is 25.5 Å². The van der Waals surface area contributed by atoms with Gasteiger partial charge in [-0.15, -0.1) is 0 Å². The van der Waals surface area contributed by atoms with E-state index in [9.17, 15) is 0 Å². The largest absolute Gasteiger partial charge is 0.306 e. The number of likely N-dealkylation sites (tertiary alicyclic amines) is 1. The number of hydrogen-bond acceptors (Lipinski definition) is 2. The van der Waals surface area contributed by atoms with E-state index in [1.165, 1.54) is 0 Å². The van der Waals surface area contributed by atoms with Gasteiger partial charge in [-0.1, -0.05) is 5.11 Å². The molecule has 1 unspecified atom stereocenters. The zero-order valence-electron chi connectivity index (χ0n) is 5.49. The summed E-state index contributed by atoms with van der Waals surface area (Å²) in [5.74, 6) is 0. The summed E-state index contributed by atoms with van der Waals surface area (Å²) >= 11 is 0. The molecule has 0 aromatic rings. The maximum Gasteiger partial charge on any atom is 0.0513 e. The van der Waals surface area contributed by atoms with Crippen molar-refractivity contribution in [3.05, 3.63) is 10.4 Å². The smallest absolute Gasteiger partial charge is 0.0513 e. The third kappa shape index (κ3) is 1.59. The van der Waals surface area contributed by atoms with Crippen molar-refractivity contribution >= 4 is 0 Å². The zero-order valence-corrected chi connectivity index (χ0v) is 5.49. The molecule has 50 valence electrons. The van der Waals surface area contributed by atoms with E-state index in [0.717, 1.165) is 19.5 Å². The third-order valence-corrected chi connectivity index (χ3v) is 1.58. The van der Waals surface area contributed by atoms with Gasteiger partial charge in [0.1, 0.15) is 0 Å². The van der Waals surface area contributed by atoms with Gasteiger partial charge in [-0.3, -0.25) is 0 Å². The number of rotatable bonds is 1. The lowest BCUT2D eigenvalue weighted by atomic mass is 10.3. The molecule has 1 fully saturated rings. The van der Waals surface area contributed by atoms with Crippen LogP contribution in [0.15, 0.2) is 5.11 Å². The summed E-state index contributed by atoms with van der Waals surface area (Å²) in [4.78, 5) is 4.92. The fourth-order valence-electron chi connectivity index (χ4n) is 1.08. The van der Waals surface area contributed by atoms with E-state index in [-0.39, 0.29) is 6.04 Å². The first kappa shape index (κ1) is 6.39. The second-order valence-corrected chi connectivity index (χ2v) is 2.41. The molecule has 9 heavy (non-hydrogen) atoms. The predicted octanol–water partition coefficient (Wildman–Crippen LogP) is 1.00. The lowest BCUT2D eigenvalue weighted by Gasteiger charge is -2.03. The molecule has 0 saturated carbocycles. The molecule has 0 amide bonds. The van der Waals surface area contributed by atoms with Crippen LogP contribution < -0.4 is 0 Å². The summed E-state index contributed by atoms with van der Waals surface area (Å²) < 4.78 is 0. The summed E-state index contributed by atoms with van der Waals surface area (Å²) in [5.41, 5.74) is 8.05. The van der Waals surface area contributed by atoms with Crippen molar-refractivity contribution in [2.24, 2.45) is 5.11 Å². The Labute approximate surface area is 54.1 Å². The molecule has 4 heteroatoms. The Morgan fingerprint density at radius 1 is 1.78 bits per heavy atom. The van der Waals surface area contributed by atoms with Gasteiger partial charge >= 0.3 is 0 Å². The van der Waals surface area contributed by atoms with Crippen molar-refractivity contribution < 1.29 is 0 Å². The molecule has 1 aliphatic rings. The highest BCUT2D eigenvalue weighted by molar-refractivity contribution is 4.78. The van der Waals surface area contributed by atoms with Crippen LogP contribution in [-0.2, 0) is 0 Å². The Morgan fingerprint density at radius 3 is 3.00 bits per heavy atom. The number of nitrogens with zero attached hydrogens (tertiary/aromatic N) is 4. The highest BCUT2D eigenvalue weighted by Gasteiger charge is 2.16. The fraction of sp³-hybridized carbons (Fsp3) is 1.00. The van der Waals surface area contributed by atoms with E-state index in [4.69, 9.17) is 5.53 Å². The van der Waals surface area contributed by atoms with Gasteiger partial charge in [0.2, 0.25) is 0 Å². The lowest BCUT2D eigenvalue weighted by molar-refractivity contribution is 0.411. The third-order valence-electron chi connectivity index (χ3n) is 1.58. The summed E-state index contributed by atoms with van der Waals surface area (Å²) in [6, 6.07) is 0.222. The zero-order chi connectivity index (χ0) is 6.69. The van der Waals surface area contributed by atoms with E-state index < -0.39 is 0 Å². The normalized spacial score (nSPS) is 27.9. The Kier molecular flexibility index (Phi) is 1.92. The standard InChI is InChI=1S/C5H10N4/c1-9-3-2-5(4-9)7-8-6/h5H,2-4H2,1H3. The van der Waals surface area contributed by atoms with Gasteiger partial charge in [0.15, 0.2) is 0 Å². The first-order chi connectivity index (χ1) is 4.33. The molecule has 1 rings (SSSR count). The van der Waals surface area contributed by atoms with Crippen LogP contribution in [0.4, 0.5) is 0 Å². The van der Waals surface area contributed by atoms with E-state index in [1.54, 1.807) is 0 Å². The molecule has 0 aliphatic carbocycles. The molecule has 0 bridgehead atoms. The van der Waals surface area contributed by atoms with Crippen LogP contribution >= 0.6 is 0 Å². The van der Waals surface area contributed by atoms with Gasteiger partial charge < -0.3 is 4.90 Å². The summed E-state index contributed by atoms with van der Waals surface area (Å²) in [5, 5.41) is 3.61. The second-order valence-electron chi connectivity index (χ2n) is 2.41. The van der Waals surface area contributed by atoms with Crippen LogP contribution in [0.25, 0.3) is 10.4 Å². The van der Waals surface area contributed by atoms with E-state index in [0.29, 0.717) is 0 Å². The van der Waals surface area contributed by atoms with E-state index >= 15 is 0 Å². The molecule has 1 aliphatic heterocycles. The molecule has 4 nitrogen and oxygen atoms in total. The van der Waals surface area contributed by atoms with Crippen LogP contribution in [0, 0.1) is 0 Å². The van der Waals surface area contributed by atoms with Crippen molar-refractivity contribution in [3.63, 3.8) is 0 Å². The summed E-state index contributed by atoms with van der Waals surface area (Å²) in [7, 11) is 2.03. The molecule has 0 aromatic carbocycles. The minimum atomic E-state index is 0.222. The number of likely N-dealkylation sites (N-methyl/N-ethyl adjacent to an activating group) is 1. The van der Waals surface area contributed by atoms with Gasteiger partial charge in [-0.25, -0.2) is 0 Å². The molecular formula is C5H10N4. The van der Waals surface area contributed by atoms with Crippen molar-refractivity contribution in [1.29, 1.82) is 0 Å². The summed E-state index contributed by atoms with van der Waals surface area (Å²) in [6.45, 7) is 1.98. The maximum atomic E-state index is 8.05. The molecule has 1 atom stereocenters. The second kappa shape index (κ2) is 2.71. The van der Waals surface area contributed by atoms with Crippen molar-refractivity contribution in [3.8, 4) is 0 Å². The Balaban J connectivity index is 2.38. The average molecular weight is 126 g/mol. The fourth-order valence-corrected chi connectivity index (χ4v) is 1.08. The SMILES string of the molecule is CN1CCC(N=[N+]=[N-])C1. The van der Waals surface area contributed by atoms with Crippen LogP contribution in [0.2, 0.25) is 0 Å². The van der Waals surface area contributed by atoms with Gasteiger partial charge in [0.25, 0.3) is 0 Å². The van der Waals surface area contributed by atoms with Gasteiger partial charge in [-0.2, -0.15) is 0 Å². The monoisotopic (exact) mass is 126 g/mol.